The molecule has 1 aliphatic heterocycles. The number of aromatic hydroxyl groups is 1. The third-order valence-electron chi connectivity index (χ3n) is 6.34. The van der Waals surface area contributed by atoms with Gasteiger partial charge in [-0.3, -0.25) is 9.69 Å². The lowest BCUT2D eigenvalue weighted by Gasteiger charge is -2.39. The second-order valence-electron chi connectivity index (χ2n) is 8.20. The van der Waals surface area contributed by atoms with E-state index in [1.54, 1.807) is 28.7 Å². The van der Waals surface area contributed by atoms with Gasteiger partial charge in [0.25, 0.3) is 5.56 Å². The zero-order valence-corrected chi connectivity index (χ0v) is 19.8. The number of nitrogens with zero attached hydrogens (tertiary/aromatic N) is 3. The minimum absolute atomic E-state index is 0.0556. The summed E-state index contributed by atoms with van der Waals surface area (Å²) in [4.78, 5) is 19.7. The molecule has 170 valence electrons. The van der Waals surface area contributed by atoms with Crippen molar-refractivity contribution in [2.45, 2.75) is 31.3 Å². The maximum atomic E-state index is 13.8. The molecule has 32 heavy (non-hydrogen) atoms. The van der Waals surface area contributed by atoms with Crippen LogP contribution in [-0.2, 0) is 6.54 Å². The highest BCUT2D eigenvalue weighted by atomic mass is 32.2. The number of likely N-dealkylation sites (N-methyl/N-ethyl adjacent to an activating group) is 1. The first kappa shape index (κ1) is 22.7. The molecule has 0 spiro atoms. The Labute approximate surface area is 193 Å². The van der Waals surface area contributed by atoms with E-state index in [1.165, 1.54) is 4.90 Å². The Morgan fingerprint density at radius 2 is 1.84 bits per heavy atom. The van der Waals surface area contributed by atoms with Gasteiger partial charge in [0.15, 0.2) is 0 Å². The summed E-state index contributed by atoms with van der Waals surface area (Å²) < 4.78 is 7.18. The molecule has 2 aromatic heterocycles. The molecule has 3 heterocycles. The van der Waals surface area contributed by atoms with Gasteiger partial charge >= 0.3 is 0 Å². The highest BCUT2D eigenvalue weighted by molar-refractivity contribution is 7.98. The number of benzene rings is 1. The van der Waals surface area contributed by atoms with Gasteiger partial charge in [0.2, 0.25) is 0 Å². The van der Waals surface area contributed by atoms with Crippen LogP contribution in [0.3, 0.4) is 0 Å². The van der Waals surface area contributed by atoms with Crippen LogP contribution < -0.4 is 5.56 Å². The van der Waals surface area contributed by atoms with Crippen LogP contribution in [0.4, 0.5) is 0 Å². The largest absolute Gasteiger partial charge is 0.507 e. The summed E-state index contributed by atoms with van der Waals surface area (Å²) >= 11 is 1.69. The molecule has 1 aliphatic rings. The number of aryl methyl sites for hydroxylation is 1. The highest BCUT2D eigenvalue weighted by Gasteiger charge is 2.31. The van der Waals surface area contributed by atoms with Gasteiger partial charge in [0, 0.05) is 36.8 Å². The van der Waals surface area contributed by atoms with Gasteiger partial charge in [0.05, 0.1) is 24.4 Å². The summed E-state index contributed by atoms with van der Waals surface area (Å²) in [6, 6.07) is 13.4. The summed E-state index contributed by atoms with van der Waals surface area (Å²) in [7, 11) is 0. The molecule has 3 aromatic rings. The van der Waals surface area contributed by atoms with E-state index in [-0.39, 0.29) is 17.4 Å². The van der Waals surface area contributed by atoms with Crippen molar-refractivity contribution in [2.24, 2.45) is 0 Å². The van der Waals surface area contributed by atoms with Gasteiger partial charge in [-0.25, -0.2) is 0 Å². The molecule has 1 N–H and O–H groups in total. The Kier molecular flexibility index (Phi) is 7.08. The number of rotatable bonds is 7. The molecule has 1 saturated heterocycles. The molecule has 6 nitrogen and oxygen atoms in total. The number of hydrogen-bond acceptors (Lipinski definition) is 6. The van der Waals surface area contributed by atoms with Crippen LogP contribution in [0.15, 0.2) is 62.8 Å². The van der Waals surface area contributed by atoms with E-state index in [0.717, 1.165) is 38.3 Å². The highest BCUT2D eigenvalue weighted by Crippen LogP contribution is 2.34. The molecule has 0 aliphatic carbocycles. The number of hydrogen-bond donors (Lipinski definition) is 1. The first-order valence-corrected chi connectivity index (χ1v) is 12.3. The van der Waals surface area contributed by atoms with Gasteiger partial charge in [-0.2, -0.15) is 0 Å². The summed E-state index contributed by atoms with van der Waals surface area (Å²) in [5.74, 6) is 0.768. The van der Waals surface area contributed by atoms with Crippen molar-refractivity contribution < 1.29 is 9.52 Å². The Bertz CT molecular complexity index is 1080. The minimum atomic E-state index is -0.305. The lowest BCUT2D eigenvalue weighted by atomic mass is 9.96. The van der Waals surface area contributed by atoms with Gasteiger partial charge in [-0.05, 0) is 55.6 Å². The smallest absolute Gasteiger partial charge is 0.260 e. The molecule has 0 saturated carbocycles. The fourth-order valence-electron chi connectivity index (χ4n) is 4.46. The first-order chi connectivity index (χ1) is 15.5. The van der Waals surface area contributed by atoms with E-state index in [2.05, 4.69) is 47.2 Å². The number of furan rings is 1. The molecule has 0 bridgehead atoms. The average molecular weight is 454 g/mol. The van der Waals surface area contributed by atoms with E-state index >= 15 is 0 Å². The average Bonchev–Trinajstić information content (AvgIpc) is 3.33. The van der Waals surface area contributed by atoms with Crippen molar-refractivity contribution in [2.75, 3.05) is 39.0 Å². The number of piperazine rings is 1. The van der Waals surface area contributed by atoms with E-state index in [4.69, 9.17) is 4.42 Å². The maximum absolute atomic E-state index is 13.8. The predicted molar refractivity (Wildman–Crippen MR) is 129 cm³/mol. The molecule has 1 atom stereocenters. The van der Waals surface area contributed by atoms with Crippen LogP contribution in [0, 0.1) is 6.92 Å². The van der Waals surface area contributed by atoms with Crippen LogP contribution in [-0.4, -0.2) is 58.5 Å². The Morgan fingerprint density at radius 1 is 1.12 bits per heavy atom. The van der Waals surface area contributed by atoms with Crippen molar-refractivity contribution >= 4 is 11.8 Å². The first-order valence-electron chi connectivity index (χ1n) is 11.1. The molecule has 1 fully saturated rings. The fourth-order valence-corrected chi connectivity index (χ4v) is 4.87. The monoisotopic (exact) mass is 453 g/mol. The SMILES string of the molecule is CCN1CCN([C@H](c2ccc(SC)cc2)c2c(O)cc(C)n(Cc3ccco3)c2=O)CC1. The van der Waals surface area contributed by atoms with E-state index < -0.39 is 0 Å². The Hall–Kier alpha value is -2.48. The Balaban J connectivity index is 1.80. The normalized spacial score (nSPS) is 16.3. The Morgan fingerprint density at radius 3 is 2.44 bits per heavy atom. The second kappa shape index (κ2) is 9.98. The van der Waals surface area contributed by atoms with Gasteiger partial charge in [0.1, 0.15) is 11.5 Å². The van der Waals surface area contributed by atoms with Crippen LogP contribution >= 0.6 is 11.8 Å². The molecular formula is C25H31N3O3S. The minimum Gasteiger partial charge on any atom is -0.507 e. The number of thioether (sulfide) groups is 1. The third-order valence-corrected chi connectivity index (χ3v) is 7.08. The fraction of sp³-hybridized carbons (Fsp3) is 0.400. The predicted octanol–water partition coefficient (Wildman–Crippen LogP) is 3.95. The molecule has 7 heteroatoms. The maximum Gasteiger partial charge on any atom is 0.260 e. The van der Waals surface area contributed by atoms with Crippen molar-refractivity contribution in [3.8, 4) is 5.75 Å². The van der Waals surface area contributed by atoms with E-state index in [1.807, 2.05) is 19.1 Å². The quantitative estimate of drug-likeness (QED) is 0.547. The summed E-state index contributed by atoms with van der Waals surface area (Å²) in [5.41, 5.74) is 1.99. The van der Waals surface area contributed by atoms with E-state index in [9.17, 15) is 9.90 Å². The summed E-state index contributed by atoms with van der Waals surface area (Å²) in [5, 5.41) is 11.0. The topological polar surface area (TPSA) is 61.9 Å². The zero-order chi connectivity index (χ0) is 22.7. The molecule has 0 radical (unpaired) electrons. The molecule has 0 unspecified atom stereocenters. The van der Waals surface area contributed by atoms with Crippen molar-refractivity contribution in [3.05, 3.63) is 81.7 Å². The van der Waals surface area contributed by atoms with Crippen LogP contribution in [0.2, 0.25) is 0 Å². The van der Waals surface area contributed by atoms with Crippen molar-refractivity contribution in [3.63, 3.8) is 0 Å². The molecule has 4 rings (SSSR count). The van der Waals surface area contributed by atoms with Gasteiger partial charge in [-0.1, -0.05) is 19.1 Å². The molecule has 0 amide bonds. The van der Waals surface area contributed by atoms with Gasteiger partial charge < -0.3 is 19.0 Å². The van der Waals surface area contributed by atoms with E-state index in [0.29, 0.717) is 23.6 Å². The summed E-state index contributed by atoms with van der Waals surface area (Å²) in [6.07, 6.45) is 3.66. The third kappa shape index (κ3) is 4.65. The zero-order valence-electron chi connectivity index (χ0n) is 19.0. The van der Waals surface area contributed by atoms with Crippen LogP contribution in [0.1, 0.15) is 35.5 Å². The second-order valence-corrected chi connectivity index (χ2v) is 9.08. The van der Waals surface area contributed by atoms with Crippen molar-refractivity contribution in [1.82, 2.24) is 14.4 Å². The number of aromatic nitrogens is 1. The molecular weight excluding hydrogens is 422 g/mol. The van der Waals surface area contributed by atoms with Crippen LogP contribution in [0.25, 0.3) is 0 Å². The summed E-state index contributed by atoms with van der Waals surface area (Å²) in [6.45, 7) is 8.95. The van der Waals surface area contributed by atoms with Gasteiger partial charge in [-0.15, -0.1) is 11.8 Å². The number of pyridine rings is 1. The van der Waals surface area contributed by atoms with Crippen molar-refractivity contribution in [1.29, 1.82) is 0 Å². The molecule has 1 aromatic carbocycles. The lowest BCUT2D eigenvalue weighted by molar-refractivity contribution is 0.111. The lowest BCUT2D eigenvalue weighted by Crippen LogP contribution is -2.48. The van der Waals surface area contributed by atoms with Crippen LogP contribution in [0.5, 0.6) is 5.75 Å². The standard InChI is InChI=1S/C25H31N3O3S/c1-4-26-11-13-27(14-12-26)24(19-7-9-21(32-3)10-8-19)23-22(29)16-18(2)28(25(23)30)17-20-6-5-15-31-20/h5-10,15-16,24,29H,4,11-14,17H2,1-3H3/t24-/m1/s1.